The molecule has 0 spiro atoms. The van der Waals surface area contributed by atoms with Crippen molar-refractivity contribution in [2.24, 2.45) is 11.1 Å². The predicted octanol–water partition coefficient (Wildman–Crippen LogP) is 0.523. The van der Waals surface area contributed by atoms with E-state index in [-0.39, 0.29) is 11.8 Å². The number of hydrogen-bond donors (Lipinski definition) is 1. The molecule has 0 aliphatic rings. The highest BCUT2D eigenvalue weighted by molar-refractivity contribution is 5.81. The number of nitrogens with one attached hydrogen (secondary N) is 1. The first kappa shape index (κ1) is 9.07. The molecule has 1 unspecified atom stereocenters. The summed E-state index contributed by atoms with van der Waals surface area (Å²) in [7, 11) is 1.49. The second-order valence-corrected chi connectivity index (χ2v) is 2.41. The third-order valence-corrected chi connectivity index (χ3v) is 1.26. The van der Waals surface area contributed by atoms with E-state index in [2.05, 4.69) is 10.5 Å². The van der Waals surface area contributed by atoms with Gasteiger partial charge in [-0.25, -0.2) is 0 Å². The van der Waals surface area contributed by atoms with E-state index in [4.69, 9.17) is 0 Å². The maximum Gasteiger partial charge on any atom is 0.248 e. The van der Waals surface area contributed by atoms with Crippen LogP contribution in [0.3, 0.4) is 0 Å². The standard InChI is InChI=1S/C6H12N2O2/c1-4(2)5(8-10)6(9)7-3/h4-5H,1-3H3,(H,7,9). The Kier molecular flexibility index (Phi) is 3.61. The van der Waals surface area contributed by atoms with Gasteiger partial charge in [0, 0.05) is 7.05 Å². The van der Waals surface area contributed by atoms with E-state index >= 15 is 0 Å². The lowest BCUT2D eigenvalue weighted by Gasteiger charge is -2.09. The molecule has 0 aromatic carbocycles. The van der Waals surface area contributed by atoms with Crippen LogP contribution in [0.15, 0.2) is 5.18 Å². The molecule has 1 amide bonds. The van der Waals surface area contributed by atoms with Crippen LogP contribution in [0, 0.1) is 10.8 Å². The summed E-state index contributed by atoms with van der Waals surface area (Å²) in [6.45, 7) is 3.56. The van der Waals surface area contributed by atoms with Gasteiger partial charge in [-0.15, -0.1) is 4.91 Å². The van der Waals surface area contributed by atoms with Gasteiger partial charge < -0.3 is 5.32 Å². The van der Waals surface area contributed by atoms with Crippen molar-refractivity contribution in [3.8, 4) is 0 Å². The molecule has 0 heterocycles. The quantitative estimate of drug-likeness (QED) is 0.587. The number of amides is 1. The van der Waals surface area contributed by atoms with Crippen molar-refractivity contribution in [1.82, 2.24) is 5.32 Å². The van der Waals surface area contributed by atoms with Crippen LogP contribution in [0.2, 0.25) is 0 Å². The first-order chi connectivity index (χ1) is 4.63. The third kappa shape index (κ3) is 2.13. The maximum atomic E-state index is 10.8. The molecule has 4 heteroatoms. The summed E-state index contributed by atoms with van der Waals surface area (Å²) < 4.78 is 0. The molecular weight excluding hydrogens is 132 g/mol. The molecule has 0 radical (unpaired) electrons. The second-order valence-electron chi connectivity index (χ2n) is 2.41. The van der Waals surface area contributed by atoms with Crippen molar-refractivity contribution in [1.29, 1.82) is 0 Å². The van der Waals surface area contributed by atoms with Gasteiger partial charge >= 0.3 is 0 Å². The van der Waals surface area contributed by atoms with Crippen molar-refractivity contribution >= 4 is 5.91 Å². The maximum absolute atomic E-state index is 10.8. The van der Waals surface area contributed by atoms with E-state index in [0.717, 1.165) is 0 Å². The molecule has 0 bridgehead atoms. The highest BCUT2D eigenvalue weighted by atomic mass is 16.3. The molecule has 1 atom stereocenters. The van der Waals surface area contributed by atoms with E-state index in [0.29, 0.717) is 0 Å². The van der Waals surface area contributed by atoms with Crippen LogP contribution in [0.5, 0.6) is 0 Å². The molecule has 58 valence electrons. The van der Waals surface area contributed by atoms with Crippen LogP contribution in [-0.4, -0.2) is 19.0 Å². The first-order valence-electron chi connectivity index (χ1n) is 3.17. The average molecular weight is 144 g/mol. The summed E-state index contributed by atoms with van der Waals surface area (Å²) >= 11 is 0. The monoisotopic (exact) mass is 144 g/mol. The minimum absolute atomic E-state index is 0.0301. The fraction of sp³-hybridized carbons (Fsp3) is 0.833. The topological polar surface area (TPSA) is 58.5 Å². The number of carbonyl (C=O) groups excluding carboxylic acids is 1. The molecule has 0 fully saturated rings. The number of carbonyl (C=O) groups is 1. The van der Waals surface area contributed by atoms with E-state index < -0.39 is 6.04 Å². The Morgan fingerprint density at radius 2 is 2.00 bits per heavy atom. The third-order valence-electron chi connectivity index (χ3n) is 1.26. The van der Waals surface area contributed by atoms with Gasteiger partial charge in [0.25, 0.3) is 0 Å². The highest BCUT2D eigenvalue weighted by Crippen LogP contribution is 2.04. The molecular formula is C6H12N2O2. The fourth-order valence-corrected chi connectivity index (χ4v) is 0.620. The molecule has 0 aliphatic carbocycles. The van der Waals surface area contributed by atoms with Crippen LogP contribution in [0.25, 0.3) is 0 Å². The van der Waals surface area contributed by atoms with Crippen molar-refractivity contribution in [2.45, 2.75) is 19.9 Å². The van der Waals surface area contributed by atoms with Gasteiger partial charge in [-0.3, -0.25) is 4.79 Å². The van der Waals surface area contributed by atoms with Crippen molar-refractivity contribution < 1.29 is 4.79 Å². The zero-order chi connectivity index (χ0) is 8.15. The second kappa shape index (κ2) is 3.98. The van der Waals surface area contributed by atoms with Crippen LogP contribution < -0.4 is 5.32 Å². The average Bonchev–Trinajstić information content (AvgIpc) is 1.88. The van der Waals surface area contributed by atoms with Crippen LogP contribution in [-0.2, 0) is 4.79 Å². The van der Waals surface area contributed by atoms with Crippen molar-refractivity contribution in [3.63, 3.8) is 0 Å². The molecule has 0 aromatic heterocycles. The Morgan fingerprint density at radius 3 is 2.10 bits per heavy atom. The van der Waals surface area contributed by atoms with E-state index in [1.807, 2.05) is 0 Å². The van der Waals surface area contributed by atoms with Crippen LogP contribution >= 0.6 is 0 Å². The molecule has 0 rings (SSSR count). The summed E-state index contributed by atoms with van der Waals surface area (Å²) in [4.78, 5) is 20.8. The normalized spacial score (nSPS) is 12.8. The summed E-state index contributed by atoms with van der Waals surface area (Å²) in [5.74, 6) is -0.345. The SMILES string of the molecule is CNC(=O)C(N=O)C(C)C. The molecule has 1 N–H and O–H groups in total. The molecule has 0 saturated heterocycles. The molecule has 0 aliphatic heterocycles. The minimum atomic E-state index is -0.745. The lowest BCUT2D eigenvalue weighted by atomic mass is 10.1. The Morgan fingerprint density at radius 1 is 1.50 bits per heavy atom. The number of nitrogens with zero attached hydrogens (tertiary/aromatic N) is 1. The summed E-state index contributed by atoms with van der Waals surface area (Å²) in [5.41, 5.74) is 0. The van der Waals surface area contributed by atoms with Gasteiger partial charge in [0.05, 0.1) is 0 Å². The minimum Gasteiger partial charge on any atom is -0.357 e. The van der Waals surface area contributed by atoms with Gasteiger partial charge in [-0.2, -0.15) is 0 Å². The van der Waals surface area contributed by atoms with Gasteiger partial charge in [0.15, 0.2) is 6.04 Å². The smallest absolute Gasteiger partial charge is 0.248 e. The fourth-order valence-electron chi connectivity index (χ4n) is 0.620. The van der Waals surface area contributed by atoms with Crippen LogP contribution in [0.1, 0.15) is 13.8 Å². The van der Waals surface area contributed by atoms with Gasteiger partial charge in [-0.1, -0.05) is 19.0 Å². The number of hydrogen-bond acceptors (Lipinski definition) is 3. The highest BCUT2D eigenvalue weighted by Gasteiger charge is 2.20. The number of nitroso groups, excluding NO2 is 1. The Hall–Kier alpha value is -0.930. The van der Waals surface area contributed by atoms with Crippen molar-refractivity contribution in [2.75, 3.05) is 7.05 Å². The molecule has 0 aromatic rings. The van der Waals surface area contributed by atoms with Crippen LogP contribution in [0.4, 0.5) is 0 Å². The molecule has 4 nitrogen and oxygen atoms in total. The van der Waals surface area contributed by atoms with Gasteiger partial charge in [0.1, 0.15) is 0 Å². The first-order valence-corrected chi connectivity index (χ1v) is 3.17. The van der Waals surface area contributed by atoms with E-state index in [1.165, 1.54) is 7.05 Å². The zero-order valence-corrected chi connectivity index (χ0v) is 6.42. The van der Waals surface area contributed by atoms with Gasteiger partial charge in [0.2, 0.25) is 5.91 Å². The zero-order valence-electron chi connectivity index (χ0n) is 6.42. The number of rotatable bonds is 3. The summed E-state index contributed by atoms with van der Waals surface area (Å²) in [6.07, 6.45) is 0. The summed E-state index contributed by atoms with van der Waals surface area (Å²) in [6, 6.07) is -0.745. The van der Waals surface area contributed by atoms with Gasteiger partial charge in [-0.05, 0) is 5.92 Å². The number of likely N-dealkylation sites (N-methyl/N-ethyl adjacent to an activating group) is 1. The Labute approximate surface area is 60.0 Å². The van der Waals surface area contributed by atoms with Crippen molar-refractivity contribution in [3.05, 3.63) is 4.91 Å². The van der Waals surface area contributed by atoms with E-state index in [1.54, 1.807) is 13.8 Å². The predicted molar refractivity (Wildman–Crippen MR) is 38.5 cm³/mol. The lowest BCUT2D eigenvalue weighted by Crippen LogP contribution is -2.33. The van der Waals surface area contributed by atoms with E-state index in [9.17, 15) is 9.70 Å². The largest absolute Gasteiger partial charge is 0.357 e. The molecule has 0 saturated carbocycles. The molecule has 10 heavy (non-hydrogen) atoms. The summed E-state index contributed by atoms with van der Waals surface area (Å²) in [5, 5.41) is 5.06. The lowest BCUT2D eigenvalue weighted by molar-refractivity contribution is -0.122. The Balaban J connectivity index is 4.06. The Bertz CT molecular complexity index is 134.